The highest BCUT2D eigenvalue weighted by molar-refractivity contribution is 8.00. The van der Waals surface area contributed by atoms with Gasteiger partial charge in [0, 0.05) is 0 Å². The predicted octanol–water partition coefficient (Wildman–Crippen LogP) is 0.227. The van der Waals surface area contributed by atoms with Gasteiger partial charge in [-0.2, -0.15) is 0 Å². The maximum absolute atomic E-state index is 10.8. The van der Waals surface area contributed by atoms with Crippen LogP contribution in [0.1, 0.15) is 15.9 Å². The molecule has 1 aliphatic rings. The van der Waals surface area contributed by atoms with E-state index in [1.165, 1.54) is 17.8 Å². The van der Waals surface area contributed by atoms with Gasteiger partial charge in [-0.15, -0.1) is 11.8 Å². The Morgan fingerprint density at radius 2 is 2.18 bits per heavy atom. The van der Waals surface area contributed by atoms with Crippen LogP contribution in [0.15, 0.2) is 24.3 Å². The standard InChI is InChI=1S/C11H13NO4S/c13-9-8(17-11(16)12-9)5-6-2-1-3-7(4-6)10(14)15/h1-4,8-9,11-13,16H,5H2,(H,14,15). The lowest BCUT2D eigenvalue weighted by molar-refractivity contribution is 0.0696. The van der Waals surface area contributed by atoms with Gasteiger partial charge in [0.05, 0.1) is 10.8 Å². The van der Waals surface area contributed by atoms with Crippen LogP contribution in [0.25, 0.3) is 0 Å². The van der Waals surface area contributed by atoms with Crippen LogP contribution < -0.4 is 5.32 Å². The molecule has 5 nitrogen and oxygen atoms in total. The molecule has 17 heavy (non-hydrogen) atoms. The number of thioether (sulfide) groups is 1. The molecule has 1 aromatic carbocycles. The summed E-state index contributed by atoms with van der Waals surface area (Å²) in [7, 11) is 0. The average Bonchev–Trinajstić information content (AvgIpc) is 2.58. The summed E-state index contributed by atoms with van der Waals surface area (Å²) in [6.07, 6.45) is -0.264. The molecular formula is C11H13NO4S. The number of hydrogen-bond donors (Lipinski definition) is 4. The first-order valence-electron chi connectivity index (χ1n) is 5.16. The summed E-state index contributed by atoms with van der Waals surface area (Å²) >= 11 is 1.23. The Labute approximate surface area is 102 Å². The summed E-state index contributed by atoms with van der Waals surface area (Å²) in [5.74, 6) is -0.968. The summed E-state index contributed by atoms with van der Waals surface area (Å²) in [5, 5.41) is 30.1. The zero-order valence-corrected chi connectivity index (χ0v) is 9.72. The summed E-state index contributed by atoms with van der Waals surface area (Å²) < 4.78 is 0. The van der Waals surface area contributed by atoms with Crippen LogP contribution in [0, 0.1) is 0 Å². The van der Waals surface area contributed by atoms with Gasteiger partial charge in [0.25, 0.3) is 0 Å². The van der Waals surface area contributed by atoms with E-state index in [0.29, 0.717) is 6.42 Å². The molecule has 1 heterocycles. The normalized spacial score (nSPS) is 28.2. The van der Waals surface area contributed by atoms with Crippen molar-refractivity contribution in [3.8, 4) is 0 Å². The summed E-state index contributed by atoms with van der Waals surface area (Å²) in [5.41, 5.74) is 0.295. The molecule has 3 atom stereocenters. The van der Waals surface area contributed by atoms with Crippen LogP contribution in [0.5, 0.6) is 0 Å². The van der Waals surface area contributed by atoms with E-state index in [9.17, 15) is 15.0 Å². The molecule has 3 unspecified atom stereocenters. The molecule has 6 heteroatoms. The maximum Gasteiger partial charge on any atom is 0.335 e. The number of carbonyl (C=O) groups is 1. The Hall–Kier alpha value is -1.08. The van der Waals surface area contributed by atoms with Crippen molar-refractivity contribution in [1.82, 2.24) is 5.32 Å². The lowest BCUT2D eigenvalue weighted by Gasteiger charge is -2.12. The van der Waals surface area contributed by atoms with Crippen molar-refractivity contribution in [3.05, 3.63) is 35.4 Å². The third-order valence-corrected chi connectivity index (χ3v) is 3.75. The van der Waals surface area contributed by atoms with Gasteiger partial charge in [-0.3, -0.25) is 5.32 Å². The lowest BCUT2D eigenvalue weighted by atomic mass is 10.1. The topological polar surface area (TPSA) is 89.8 Å². The number of rotatable bonds is 3. The van der Waals surface area contributed by atoms with Crippen LogP contribution in [-0.4, -0.2) is 38.3 Å². The van der Waals surface area contributed by atoms with Gasteiger partial charge in [0.1, 0.15) is 6.23 Å². The number of hydrogen-bond acceptors (Lipinski definition) is 5. The quantitative estimate of drug-likeness (QED) is 0.618. The molecule has 1 aromatic rings. The van der Waals surface area contributed by atoms with Crippen LogP contribution in [0.2, 0.25) is 0 Å². The molecule has 1 saturated heterocycles. The molecule has 1 fully saturated rings. The molecular weight excluding hydrogens is 242 g/mol. The van der Waals surface area contributed by atoms with Crippen LogP contribution in [0.4, 0.5) is 0 Å². The predicted molar refractivity (Wildman–Crippen MR) is 63.6 cm³/mol. The van der Waals surface area contributed by atoms with Crippen LogP contribution >= 0.6 is 11.8 Å². The second-order valence-electron chi connectivity index (χ2n) is 3.85. The van der Waals surface area contributed by atoms with E-state index in [-0.39, 0.29) is 10.8 Å². The van der Waals surface area contributed by atoms with E-state index in [2.05, 4.69) is 5.32 Å². The van der Waals surface area contributed by atoms with Gasteiger partial charge in [0.15, 0.2) is 5.56 Å². The first-order chi connectivity index (χ1) is 8.06. The highest BCUT2D eigenvalue weighted by atomic mass is 32.2. The zero-order chi connectivity index (χ0) is 12.4. The summed E-state index contributed by atoms with van der Waals surface area (Å²) in [6, 6.07) is 6.59. The van der Waals surface area contributed by atoms with Crippen molar-refractivity contribution in [2.75, 3.05) is 0 Å². The van der Waals surface area contributed by atoms with Crippen molar-refractivity contribution in [2.24, 2.45) is 0 Å². The molecule has 0 bridgehead atoms. The fourth-order valence-corrected chi connectivity index (χ4v) is 2.82. The maximum atomic E-state index is 10.8. The van der Waals surface area contributed by atoms with E-state index < -0.39 is 17.8 Å². The number of carboxylic acids is 1. The Bertz CT molecular complexity index is 426. The third-order valence-electron chi connectivity index (χ3n) is 2.58. The Balaban J connectivity index is 2.08. The lowest BCUT2D eigenvalue weighted by Crippen LogP contribution is -2.33. The average molecular weight is 255 g/mol. The largest absolute Gasteiger partial charge is 0.478 e. The molecule has 0 aliphatic carbocycles. The van der Waals surface area contributed by atoms with E-state index in [4.69, 9.17) is 5.11 Å². The van der Waals surface area contributed by atoms with Crippen molar-refractivity contribution in [3.63, 3.8) is 0 Å². The van der Waals surface area contributed by atoms with E-state index in [0.717, 1.165) is 5.56 Å². The number of aromatic carboxylic acids is 1. The SMILES string of the molecule is O=C(O)c1cccc(CC2SC(O)NC2O)c1. The molecule has 0 amide bonds. The summed E-state index contributed by atoms with van der Waals surface area (Å²) in [4.78, 5) is 10.8. The highest BCUT2D eigenvalue weighted by Gasteiger charge is 2.31. The zero-order valence-electron chi connectivity index (χ0n) is 8.91. The number of benzene rings is 1. The van der Waals surface area contributed by atoms with E-state index >= 15 is 0 Å². The van der Waals surface area contributed by atoms with E-state index in [1.807, 2.05) is 6.07 Å². The first-order valence-corrected chi connectivity index (χ1v) is 6.10. The first kappa shape index (κ1) is 12.4. The van der Waals surface area contributed by atoms with Gasteiger partial charge >= 0.3 is 5.97 Å². The molecule has 0 saturated carbocycles. The molecule has 2 rings (SSSR count). The van der Waals surface area contributed by atoms with Gasteiger partial charge in [-0.25, -0.2) is 4.79 Å². The smallest absolute Gasteiger partial charge is 0.335 e. The van der Waals surface area contributed by atoms with Crippen molar-refractivity contribution in [2.45, 2.75) is 23.5 Å². The minimum atomic E-state index is -0.968. The number of aliphatic hydroxyl groups is 2. The Morgan fingerprint density at radius 1 is 1.41 bits per heavy atom. The van der Waals surface area contributed by atoms with Crippen LogP contribution in [0.3, 0.4) is 0 Å². The second-order valence-corrected chi connectivity index (χ2v) is 5.17. The minimum Gasteiger partial charge on any atom is -0.478 e. The van der Waals surface area contributed by atoms with Gasteiger partial charge in [-0.05, 0) is 24.1 Å². The third kappa shape index (κ3) is 2.98. The molecule has 0 aromatic heterocycles. The van der Waals surface area contributed by atoms with Crippen molar-refractivity contribution >= 4 is 17.7 Å². The Morgan fingerprint density at radius 3 is 2.76 bits per heavy atom. The Kier molecular flexibility index (Phi) is 3.68. The minimum absolute atomic E-state index is 0.172. The number of carboxylic acid groups (broad SMARTS) is 1. The molecule has 4 N–H and O–H groups in total. The number of aliphatic hydroxyl groups excluding tert-OH is 2. The molecule has 0 radical (unpaired) electrons. The van der Waals surface area contributed by atoms with Crippen LogP contribution in [-0.2, 0) is 6.42 Å². The summed E-state index contributed by atoms with van der Waals surface area (Å²) in [6.45, 7) is 0. The molecule has 0 spiro atoms. The van der Waals surface area contributed by atoms with Crippen molar-refractivity contribution in [1.29, 1.82) is 0 Å². The monoisotopic (exact) mass is 255 g/mol. The molecule has 1 aliphatic heterocycles. The second kappa shape index (κ2) is 5.05. The molecule has 92 valence electrons. The fourth-order valence-electron chi connectivity index (χ4n) is 1.76. The van der Waals surface area contributed by atoms with Crippen molar-refractivity contribution < 1.29 is 20.1 Å². The van der Waals surface area contributed by atoms with Gasteiger partial charge < -0.3 is 15.3 Å². The fraction of sp³-hybridized carbons (Fsp3) is 0.364. The van der Waals surface area contributed by atoms with Gasteiger partial charge in [-0.1, -0.05) is 12.1 Å². The van der Waals surface area contributed by atoms with E-state index in [1.54, 1.807) is 12.1 Å². The highest BCUT2D eigenvalue weighted by Crippen LogP contribution is 2.27. The van der Waals surface area contributed by atoms with Gasteiger partial charge in [0.2, 0.25) is 0 Å². The number of nitrogens with one attached hydrogen (secondary N) is 1.